The normalized spacial score (nSPS) is 28.2. The Balaban J connectivity index is 1.23. The molecule has 0 amide bonds. The number of hydrogen-bond donors (Lipinski definition) is 2. The van der Waals surface area contributed by atoms with E-state index in [1.54, 1.807) is 0 Å². The average molecular weight is 545 g/mol. The van der Waals surface area contributed by atoms with Gasteiger partial charge in [-0.15, -0.1) is 11.3 Å². The zero-order valence-corrected chi connectivity index (χ0v) is 23.5. The van der Waals surface area contributed by atoms with Gasteiger partial charge in [0.25, 0.3) is 0 Å². The third-order valence-electron chi connectivity index (χ3n) is 9.16. The van der Waals surface area contributed by atoms with Crippen LogP contribution in [0, 0.1) is 34.5 Å². The highest BCUT2D eigenvalue weighted by Gasteiger charge is 2.42. The van der Waals surface area contributed by atoms with Crippen LogP contribution in [0.5, 0.6) is 0 Å². The van der Waals surface area contributed by atoms with E-state index in [1.165, 1.54) is 17.8 Å². The summed E-state index contributed by atoms with van der Waals surface area (Å²) in [5, 5.41) is 31.2. The fourth-order valence-electron chi connectivity index (χ4n) is 6.42. The first kappa shape index (κ1) is 29.2. The van der Waals surface area contributed by atoms with Crippen molar-refractivity contribution in [1.29, 1.82) is 5.26 Å². The molecule has 3 fully saturated rings. The molecule has 1 aromatic heterocycles. The number of esters is 1. The predicted molar refractivity (Wildman–Crippen MR) is 148 cm³/mol. The average Bonchev–Trinajstić information content (AvgIpc) is 3.49. The maximum Gasteiger partial charge on any atom is 0.348 e. The minimum absolute atomic E-state index is 0.0499. The molecule has 2 aliphatic carbocycles. The molecule has 0 radical (unpaired) electrons. The van der Waals surface area contributed by atoms with Crippen molar-refractivity contribution in [3.63, 3.8) is 0 Å². The summed E-state index contributed by atoms with van der Waals surface area (Å²) in [5.41, 5.74) is 0.0714. The van der Waals surface area contributed by atoms with E-state index in [1.807, 2.05) is 18.2 Å². The first-order valence-corrected chi connectivity index (χ1v) is 15.3. The highest BCUT2D eigenvalue weighted by molar-refractivity contribution is 7.13. The third kappa shape index (κ3) is 7.25. The van der Waals surface area contributed by atoms with Crippen LogP contribution in [0.2, 0.25) is 0 Å². The number of hydrogen-bond acceptors (Lipinski definition) is 8. The molecule has 3 aliphatic rings. The van der Waals surface area contributed by atoms with E-state index in [9.17, 15) is 20.3 Å². The summed E-state index contributed by atoms with van der Waals surface area (Å²) >= 11 is 1.48. The highest BCUT2D eigenvalue weighted by Crippen LogP contribution is 2.48. The summed E-state index contributed by atoms with van der Waals surface area (Å²) in [4.78, 5) is 16.5. The Kier molecular flexibility index (Phi) is 10.8. The number of morpholine rings is 1. The molecule has 0 bridgehead atoms. The number of nitriles is 1. The number of carbonyl (C=O) groups excluding carboxylic acids is 1. The van der Waals surface area contributed by atoms with Gasteiger partial charge in [0.15, 0.2) is 0 Å². The van der Waals surface area contributed by atoms with Gasteiger partial charge in [-0.3, -0.25) is 4.90 Å². The molecular formula is C30H44N2O5S. The Morgan fingerprint density at radius 1 is 1.37 bits per heavy atom. The van der Waals surface area contributed by atoms with Crippen molar-refractivity contribution < 1.29 is 24.5 Å². The summed E-state index contributed by atoms with van der Waals surface area (Å²) < 4.78 is 10.8. The van der Waals surface area contributed by atoms with Crippen LogP contribution in [0.4, 0.5) is 0 Å². The molecule has 7 nitrogen and oxygen atoms in total. The van der Waals surface area contributed by atoms with E-state index in [0.29, 0.717) is 24.3 Å². The number of rotatable bonds is 13. The SMILES string of the molecule is CCC1(C(O)C/C=C/C2C(CCCc3ccc(C(=O)OCCN4CCOCC4)s3)C(C#N)C[C@H]2O)CCC1. The summed E-state index contributed by atoms with van der Waals surface area (Å²) in [6.07, 6.45) is 11.4. The summed E-state index contributed by atoms with van der Waals surface area (Å²) in [7, 11) is 0. The number of aliphatic hydroxyl groups excluding tert-OH is 2. The number of ether oxygens (including phenoxy) is 2. The monoisotopic (exact) mass is 544 g/mol. The van der Waals surface area contributed by atoms with Crippen LogP contribution in [-0.2, 0) is 15.9 Å². The first-order chi connectivity index (χ1) is 18.5. The van der Waals surface area contributed by atoms with E-state index in [-0.39, 0.29) is 35.2 Å². The van der Waals surface area contributed by atoms with E-state index in [4.69, 9.17) is 9.47 Å². The molecular weight excluding hydrogens is 500 g/mol. The fraction of sp³-hybridized carbons (Fsp3) is 0.733. The Labute approximate surface area is 231 Å². The lowest BCUT2D eigenvalue weighted by molar-refractivity contribution is -0.0355. The molecule has 2 saturated carbocycles. The number of carbonyl (C=O) groups is 1. The number of aryl methyl sites for hydroxylation is 1. The van der Waals surface area contributed by atoms with Crippen molar-refractivity contribution in [2.45, 2.75) is 76.9 Å². The molecule has 38 heavy (non-hydrogen) atoms. The number of thiophene rings is 1. The maximum absolute atomic E-state index is 12.5. The van der Waals surface area contributed by atoms with Crippen LogP contribution in [0.1, 0.15) is 72.8 Å². The molecule has 4 rings (SSSR count). The molecule has 1 aromatic rings. The van der Waals surface area contributed by atoms with Crippen LogP contribution >= 0.6 is 11.3 Å². The Morgan fingerprint density at radius 3 is 2.84 bits per heavy atom. The van der Waals surface area contributed by atoms with E-state index in [2.05, 4.69) is 24.0 Å². The van der Waals surface area contributed by atoms with Crippen LogP contribution in [-0.4, -0.2) is 72.7 Å². The summed E-state index contributed by atoms with van der Waals surface area (Å²) in [6.45, 7) is 6.50. The van der Waals surface area contributed by atoms with Gasteiger partial charge in [-0.1, -0.05) is 25.5 Å². The standard InChI is InChI=1S/C30H44N2O5S/c1-2-30(12-5-13-30)28(34)9-4-8-25-24(22(21-31)20-26(25)33)7-3-6-23-10-11-27(38-23)29(35)37-19-16-32-14-17-36-18-15-32/h4,8,10-11,22,24-26,28,33-34H,2-3,5-7,9,12-20H2,1H3/b8-4+/t22?,24?,25?,26-,28?/m1/s1. The van der Waals surface area contributed by atoms with Gasteiger partial charge in [-0.25, -0.2) is 4.79 Å². The molecule has 5 atom stereocenters. The second-order valence-corrected chi connectivity index (χ2v) is 12.4. The van der Waals surface area contributed by atoms with Gasteiger partial charge in [0.2, 0.25) is 0 Å². The Bertz CT molecular complexity index is 957. The van der Waals surface area contributed by atoms with Crippen LogP contribution < -0.4 is 0 Å². The van der Waals surface area contributed by atoms with Gasteiger partial charge >= 0.3 is 5.97 Å². The zero-order valence-electron chi connectivity index (χ0n) is 22.7. The van der Waals surface area contributed by atoms with Gasteiger partial charge in [-0.2, -0.15) is 5.26 Å². The molecule has 0 spiro atoms. The van der Waals surface area contributed by atoms with E-state index in [0.717, 1.165) is 76.3 Å². The Hall–Kier alpha value is -1.76. The molecule has 4 unspecified atom stereocenters. The second kappa shape index (κ2) is 14.0. The van der Waals surface area contributed by atoms with Gasteiger partial charge in [-0.05, 0) is 74.8 Å². The van der Waals surface area contributed by atoms with Crippen molar-refractivity contribution in [2.75, 3.05) is 39.5 Å². The molecule has 2 N–H and O–H groups in total. The van der Waals surface area contributed by atoms with Crippen LogP contribution in [0.25, 0.3) is 0 Å². The van der Waals surface area contributed by atoms with Crippen LogP contribution in [0.3, 0.4) is 0 Å². The number of nitrogens with zero attached hydrogens (tertiary/aromatic N) is 2. The lowest BCUT2D eigenvalue weighted by atomic mass is 9.63. The molecule has 8 heteroatoms. The highest BCUT2D eigenvalue weighted by atomic mass is 32.1. The van der Waals surface area contributed by atoms with Crippen molar-refractivity contribution in [1.82, 2.24) is 4.90 Å². The van der Waals surface area contributed by atoms with Crippen molar-refractivity contribution in [3.8, 4) is 6.07 Å². The minimum Gasteiger partial charge on any atom is -0.460 e. The lowest BCUT2D eigenvalue weighted by Crippen LogP contribution is -2.40. The molecule has 1 aliphatic heterocycles. The van der Waals surface area contributed by atoms with Crippen LogP contribution in [0.15, 0.2) is 24.3 Å². The summed E-state index contributed by atoms with van der Waals surface area (Å²) in [6, 6.07) is 6.26. The molecule has 2 heterocycles. The van der Waals surface area contributed by atoms with E-state index < -0.39 is 6.10 Å². The quantitative estimate of drug-likeness (QED) is 0.277. The lowest BCUT2D eigenvalue weighted by Gasteiger charge is -2.45. The summed E-state index contributed by atoms with van der Waals surface area (Å²) in [5.74, 6) is -0.362. The third-order valence-corrected chi connectivity index (χ3v) is 10.3. The van der Waals surface area contributed by atoms with Crippen molar-refractivity contribution in [2.24, 2.45) is 23.2 Å². The maximum atomic E-state index is 12.5. The Morgan fingerprint density at radius 2 is 2.16 bits per heavy atom. The number of aliphatic hydroxyl groups is 2. The zero-order chi connectivity index (χ0) is 27.0. The topological polar surface area (TPSA) is 103 Å². The minimum atomic E-state index is -0.512. The van der Waals surface area contributed by atoms with Gasteiger partial charge in [0.1, 0.15) is 11.5 Å². The van der Waals surface area contributed by atoms with Gasteiger partial charge in [0.05, 0.1) is 37.4 Å². The molecule has 0 aromatic carbocycles. The second-order valence-electron chi connectivity index (χ2n) is 11.3. The largest absolute Gasteiger partial charge is 0.460 e. The molecule has 1 saturated heterocycles. The first-order valence-electron chi connectivity index (χ1n) is 14.4. The van der Waals surface area contributed by atoms with E-state index >= 15 is 0 Å². The molecule has 210 valence electrons. The van der Waals surface area contributed by atoms with Gasteiger partial charge < -0.3 is 19.7 Å². The van der Waals surface area contributed by atoms with Crippen molar-refractivity contribution >= 4 is 17.3 Å². The predicted octanol–water partition coefficient (Wildman–Crippen LogP) is 4.58. The smallest absolute Gasteiger partial charge is 0.348 e. The fourth-order valence-corrected chi connectivity index (χ4v) is 7.37. The van der Waals surface area contributed by atoms with Crippen molar-refractivity contribution in [3.05, 3.63) is 34.0 Å². The van der Waals surface area contributed by atoms with Gasteiger partial charge in [0, 0.05) is 30.4 Å².